The average Bonchev–Trinajstić information content (AvgIpc) is 1.99. The third kappa shape index (κ3) is 2.17. The first-order valence-electron chi connectivity index (χ1n) is 2.53. The van der Waals surface area contributed by atoms with Crippen LogP contribution in [0.25, 0.3) is 0 Å². The molecule has 5 heteroatoms. The first-order valence-corrected chi connectivity index (χ1v) is 2.53. The quantitative estimate of drug-likeness (QED) is 0.207. The van der Waals surface area contributed by atoms with Crippen molar-refractivity contribution in [3.8, 4) is 0 Å². The summed E-state index contributed by atoms with van der Waals surface area (Å²) < 4.78 is 0. The van der Waals surface area contributed by atoms with Gasteiger partial charge in [-0.2, -0.15) is 0 Å². The van der Waals surface area contributed by atoms with E-state index in [1.54, 1.807) is 0 Å². The molecule has 0 aliphatic carbocycles. The number of aliphatic imine (C=N–C) groups is 1. The van der Waals surface area contributed by atoms with E-state index in [-0.39, 0.29) is 11.5 Å². The smallest absolute Gasteiger partial charge is 0.211 e. The van der Waals surface area contributed by atoms with E-state index in [2.05, 4.69) is 10.3 Å². The summed E-state index contributed by atoms with van der Waals surface area (Å²) in [7, 11) is 1.45. The average molecular weight is 143 g/mol. The Morgan fingerprint density at radius 3 is 2.70 bits per heavy atom. The molecule has 0 aliphatic rings. The molecule has 0 bridgehead atoms. The van der Waals surface area contributed by atoms with Crippen LogP contribution in [0.15, 0.2) is 17.0 Å². The van der Waals surface area contributed by atoms with Gasteiger partial charge < -0.3 is 16.2 Å². The van der Waals surface area contributed by atoms with Gasteiger partial charge in [0.1, 0.15) is 17.8 Å². The summed E-state index contributed by atoms with van der Waals surface area (Å²) in [5.74, 6) is 0.0783. The van der Waals surface area contributed by atoms with Crippen molar-refractivity contribution in [2.75, 3.05) is 7.05 Å². The fourth-order valence-corrected chi connectivity index (χ4v) is 0.361. The Hall–Kier alpha value is -1.52. The van der Waals surface area contributed by atoms with E-state index >= 15 is 0 Å². The molecule has 0 aromatic heterocycles. The molecule has 0 rings (SSSR count). The van der Waals surface area contributed by atoms with Crippen molar-refractivity contribution < 1.29 is 9.90 Å². The molecule has 0 aromatic carbocycles. The number of carbonyl (C=O) groups is 1. The van der Waals surface area contributed by atoms with E-state index in [4.69, 9.17) is 10.8 Å². The second kappa shape index (κ2) is 4.37. The Morgan fingerprint density at radius 2 is 2.40 bits per heavy atom. The van der Waals surface area contributed by atoms with Crippen molar-refractivity contribution in [3.05, 3.63) is 12.0 Å². The maximum absolute atomic E-state index is 9.82. The molecule has 0 fully saturated rings. The number of hydrogen-bond acceptors (Lipinski definition) is 3. The Kier molecular flexibility index (Phi) is 3.70. The lowest BCUT2D eigenvalue weighted by Crippen LogP contribution is -2.25. The Bertz CT molecular complexity index is 174. The van der Waals surface area contributed by atoms with Crippen molar-refractivity contribution in [1.82, 2.24) is 5.32 Å². The minimum absolute atomic E-state index is 0.0783. The minimum Gasteiger partial charge on any atom is -0.513 e. The number of nitrogens with one attached hydrogen (secondary N) is 1. The van der Waals surface area contributed by atoms with Crippen LogP contribution in [0, 0.1) is 0 Å². The van der Waals surface area contributed by atoms with Crippen molar-refractivity contribution in [1.29, 1.82) is 0 Å². The Morgan fingerprint density at radius 1 is 1.80 bits per heavy atom. The summed E-state index contributed by atoms with van der Waals surface area (Å²) in [6, 6.07) is 0. The normalized spacial score (nSPS) is 12.9. The first-order chi connectivity index (χ1) is 4.76. The molecule has 0 saturated heterocycles. The van der Waals surface area contributed by atoms with Gasteiger partial charge in [-0.1, -0.05) is 0 Å². The van der Waals surface area contributed by atoms with Gasteiger partial charge >= 0.3 is 0 Å². The van der Waals surface area contributed by atoms with Gasteiger partial charge in [0, 0.05) is 7.05 Å². The monoisotopic (exact) mass is 143 g/mol. The number of aliphatic hydroxyl groups is 1. The van der Waals surface area contributed by atoms with Gasteiger partial charge in [-0.05, 0) is 0 Å². The summed E-state index contributed by atoms with van der Waals surface area (Å²) in [6.45, 7) is 0. The molecule has 1 amide bonds. The van der Waals surface area contributed by atoms with Crippen LogP contribution in [0.3, 0.4) is 0 Å². The predicted molar refractivity (Wildman–Crippen MR) is 37.5 cm³/mol. The number of nitrogens with zero attached hydrogens (tertiary/aromatic N) is 1. The van der Waals surface area contributed by atoms with Crippen molar-refractivity contribution in [2.24, 2.45) is 10.7 Å². The molecule has 0 atom stereocenters. The van der Waals surface area contributed by atoms with Gasteiger partial charge in [0.05, 0.1) is 0 Å². The second-order valence-corrected chi connectivity index (χ2v) is 1.41. The van der Waals surface area contributed by atoms with Crippen LogP contribution in [0.5, 0.6) is 0 Å². The largest absolute Gasteiger partial charge is 0.513 e. The highest BCUT2D eigenvalue weighted by molar-refractivity contribution is 5.97. The molecular formula is C5H9N3O2. The maximum atomic E-state index is 9.82. The first kappa shape index (κ1) is 8.48. The summed E-state index contributed by atoms with van der Waals surface area (Å²) in [5, 5.41) is 10.6. The van der Waals surface area contributed by atoms with Gasteiger partial charge in [0.2, 0.25) is 6.41 Å². The summed E-state index contributed by atoms with van der Waals surface area (Å²) in [4.78, 5) is 13.3. The molecule has 0 aromatic rings. The lowest BCUT2D eigenvalue weighted by molar-refractivity contribution is -0.108. The highest BCUT2D eigenvalue weighted by Crippen LogP contribution is 1.83. The van der Waals surface area contributed by atoms with Crippen LogP contribution in [-0.2, 0) is 4.79 Å². The molecular weight excluding hydrogens is 134 g/mol. The minimum atomic E-state index is 0.0783. The predicted octanol–water partition coefficient (Wildman–Crippen LogP) is -0.881. The number of aliphatic hydroxyl groups excluding tert-OH is 1. The molecule has 0 heterocycles. The number of amides is 1. The van der Waals surface area contributed by atoms with Crippen LogP contribution >= 0.6 is 0 Å². The molecule has 0 radical (unpaired) electrons. The van der Waals surface area contributed by atoms with Crippen LogP contribution in [0.4, 0.5) is 0 Å². The molecule has 56 valence electrons. The molecule has 5 nitrogen and oxygen atoms in total. The number of rotatable bonds is 3. The number of nitrogens with two attached hydrogens (primary N) is 1. The highest BCUT2D eigenvalue weighted by Gasteiger charge is 1.97. The van der Waals surface area contributed by atoms with Crippen molar-refractivity contribution in [2.45, 2.75) is 0 Å². The molecule has 0 unspecified atom stereocenters. The molecule has 10 heavy (non-hydrogen) atoms. The second-order valence-electron chi connectivity index (χ2n) is 1.41. The van der Waals surface area contributed by atoms with Crippen LogP contribution in [0.2, 0.25) is 0 Å². The van der Waals surface area contributed by atoms with Gasteiger partial charge in [-0.25, -0.2) is 0 Å². The summed E-state index contributed by atoms with van der Waals surface area (Å²) >= 11 is 0. The highest BCUT2D eigenvalue weighted by atomic mass is 16.2. The number of carbonyl (C=O) groups excluding carboxylic acids is 1. The van der Waals surface area contributed by atoms with E-state index in [0.29, 0.717) is 12.7 Å². The lowest BCUT2D eigenvalue weighted by atomic mass is 10.4. The van der Waals surface area contributed by atoms with E-state index in [1.165, 1.54) is 7.05 Å². The fraction of sp³-hybridized carbons (Fsp3) is 0.200. The van der Waals surface area contributed by atoms with E-state index < -0.39 is 0 Å². The summed E-state index contributed by atoms with van der Waals surface area (Å²) in [5.41, 5.74) is 5.31. The van der Waals surface area contributed by atoms with Gasteiger partial charge in [-0.15, -0.1) is 0 Å². The van der Waals surface area contributed by atoms with Crippen LogP contribution in [0.1, 0.15) is 0 Å². The molecule has 0 saturated carbocycles. The van der Waals surface area contributed by atoms with Crippen LogP contribution < -0.4 is 11.1 Å². The van der Waals surface area contributed by atoms with Crippen molar-refractivity contribution in [3.63, 3.8) is 0 Å². The Labute approximate surface area is 58.3 Å². The molecule has 4 N–H and O–H groups in total. The van der Waals surface area contributed by atoms with E-state index in [0.717, 1.165) is 0 Å². The Balaban J connectivity index is 4.22. The molecule has 0 spiro atoms. The van der Waals surface area contributed by atoms with Gasteiger partial charge in [0.15, 0.2) is 0 Å². The topological polar surface area (TPSA) is 87.7 Å². The number of hydrogen-bond donors (Lipinski definition) is 3. The third-order valence-corrected chi connectivity index (χ3v) is 0.860. The van der Waals surface area contributed by atoms with Gasteiger partial charge in [0.25, 0.3) is 0 Å². The van der Waals surface area contributed by atoms with E-state index in [9.17, 15) is 4.79 Å². The lowest BCUT2D eigenvalue weighted by Gasteiger charge is -2.00. The SMILES string of the molecule is CN=C(N)C(=CO)NC=O. The molecule has 0 aliphatic heterocycles. The standard InChI is InChI=1S/C5H9N3O2/c1-7-5(6)4(2-9)8-3-10/h2-3,9H,1H3,(H2,6,7)(H,8,10). The maximum Gasteiger partial charge on any atom is 0.211 e. The van der Waals surface area contributed by atoms with Gasteiger partial charge in [-0.3, -0.25) is 9.79 Å². The van der Waals surface area contributed by atoms with Crippen LogP contribution in [-0.4, -0.2) is 24.4 Å². The van der Waals surface area contributed by atoms with Crippen molar-refractivity contribution >= 4 is 12.2 Å². The zero-order valence-corrected chi connectivity index (χ0v) is 5.53. The van der Waals surface area contributed by atoms with E-state index in [1.807, 2.05) is 0 Å². The fourth-order valence-electron chi connectivity index (χ4n) is 0.361. The zero-order chi connectivity index (χ0) is 7.98. The number of amidine groups is 1. The zero-order valence-electron chi connectivity index (χ0n) is 5.53. The summed E-state index contributed by atoms with van der Waals surface area (Å²) in [6.07, 6.45) is 1.08. The third-order valence-electron chi connectivity index (χ3n) is 0.860.